The van der Waals surface area contributed by atoms with Gasteiger partial charge in [0.15, 0.2) is 11.6 Å². The number of phenolic OH excluding ortho intramolecular Hbond substituents is 1. The Bertz CT molecular complexity index is 1040. The van der Waals surface area contributed by atoms with Gasteiger partial charge in [-0.05, 0) is 30.3 Å². The molecule has 0 amide bonds. The van der Waals surface area contributed by atoms with Crippen molar-refractivity contribution in [2.45, 2.75) is 6.61 Å². The lowest BCUT2D eigenvalue weighted by molar-refractivity contribution is 0.273. The minimum absolute atomic E-state index is 0.210. The summed E-state index contributed by atoms with van der Waals surface area (Å²) >= 11 is 0. The van der Waals surface area contributed by atoms with E-state index >= 15 is 0 Å². The Balaban J connectivity index is 1.80. The molecule has 0 fully saturated rings. The fourth-order valence-corrected chi connectivity index (χ4v) is 2.43. The number of hydrogen-bond acceptors (Lipinski definition) is 6. The number of H-pyrrole nitrogens is 1. The van der Waals surface area contributed by atoms with Crippen LogP contribution in [0.3, 0.4) is 0 Å². The normalized spacial score (nSPS) is 11.2. The van der Waals surface area contributed by atoms with Crippen molar-refractivity contribution in [1.29, 1.82) is 0 Å². The number of fused-ring (bicyclic) bond motifs is 1. The van der Waals surface area contributed by atoms with Crippen molar-refractivity contribution >= 4 is 11.0 Å². The summed E-state index contributed by atoms with van der Waals surface area (Å²) in [6.45, 7) is -0.210. The van der Waals surface area contributed by atoms with Crippen molar-refractivity contribution in [2.75, 3.05) is 0 Å². The summed E-state index contributed by atoms with van der Waals surface area (Å²) in [4.78, 5) is 11.6. The SMILES string of the molecule is OCc1nc2c(-c3nc(-c4ccc(F)c(O)c4)no3)cccc2[nH]1. The second-order valence-corrected chi connectivity index (χ2v) is 5.13. The highest BCUT2D eigenvalue weighted by Gasteiger charge is 2.16. The molecule has 0 unspecified atom stereocenters. The van der Waals surface area contributed by atoms with Crippen molar-refractivity contribution in [1.82, 2.24) is 20.1 Å². The van der Waals surface area contributed by atoms with Gasteiger partial charge in [0, 0.05) is 5.56 Å². The summed E-state index contributed by atoms with van der Waals surface area (Å²) in [6.07, 6.45) is 0. The summed E-state index contributed by atoms with van der Waals surface area (Å²) in [5, 5.41) is 22.5. The van der Waals surface area contributed by atoms with Gasteiger partial charge in [0.25, 0.3) is 5.89 Å². The number of phenols is 1. The lowest BCUT2D eigenvalue weighted by Gasteiger charge is -1.97. The Morgan fingerprint density at radius 2 is 2.04 bits per heavy atom. The molecule has 3 N–H and O–H groups in total. The number of para-hydroxylation sites is 1. The number of aliphatic hydroxyl groups excluding tert-OH is 1. The standard InChI is InChI=1S/C16H11FN4O3/c17-10-5-4-8(6-12(10)23)15-20-16(24-21-15)9-2-1-3-11-14(9)19-13(7-22)18-11/h1-6,22-23H,7H2,(H,18,19). The summed E-state index contributed by atoms with van der Waals surface area (Å²) in [6, 6.07) is 9.18. The first-order valence-electron chi connectivity index (χ1n) is 7.07. The first kappa shape index (κ1) is 14.3. The van der Waals surface area contributed by atoms with Crippen LogP contribution in [0, 0.1) is 5.82 Å². The summed E-state index contributed by atoms with van der Waals surface area (Å²) < 4.78 is 18.4. The molecule has 0 aliphatic rings. The maximum Gasteiger partial charge on any atom is 0.260 e. The molecule has 24 heavy (non-hydrogen) atoms. The van der Waals surface area contributed by atoms with Crippen LogP contribution in [-0.2, 0) is 6.61 Å². The van der Waals surface area contributed by atoms with E-state index in [1.165, 1.54) is 12.1 Å². The molecule has 0 saturated heterocycles. The zero-order valence-corrected chi connectivity index (χ0v) is 12.2. The molecule has 0 aliphatic carbocycles. The molecule has 0 aliphatic heterocycles. The van der Waals surface area contributed by atoms with E-state index in [2.05, 4.69) is 20.1 Å². The average Bonchev–Trinajstić information content (AvgIpc) is 3.23. The molecule has 0 radical (unpaired) electrons. The third-order valence-electron chi connectivity index (χ3n) is 3.57. The lowest BCUT2D eigenvalue weighted by atomic mass is 10.1. The topological polar surface area (TPSA) is 108 Å². The number of halogens is 1. The van der Waals surface area contributed by atoms with Crippen molar-refractivity contribution in [3.05, 3.63) is 48.0 Å². The van der Waals surface area contributed by atoms with E-state index in [4.69, 9.17) is 4.52 Å². The van der Waals surface area contributed by atoms with Crippen LogP contribution >= 0.6 is 0 Å². The van der Waals surface area contributed by atoms with Crippen LogP contribution in [0.25, 0.3) is 33.9 Å². The number of nitrogens with zero attached hydrogens (tertiary/aromatic N) is 3. The Hall–Kier alpha value is -3.26. The minimum atomic E-state index is -0.722. The molecule has 4 rings (SSSR count). The number of nitrogens with one attached hydrogen (secondary N) is 1. The highest BCUT2D eigenvalue weighted by Crippen LogP contribution is 2.29. The Morgan fingerprint density at radius 1 is 1.17 bits per heavy atom. The summed E-state index contributed by atoms with van der Waals surface area (Å²) in [5.41, 5.74) is 2.36. The predicted molar refractivity (Wildman–Crippen MR) is 82.4 cm³/mol. The summed E-state index contributed by atoms with van der Waals surface area (Å²) in [7, 11) is 0. The quantitative estimate of drug-likeness (QED) is 0.534. The number of rotatable bonds is 3. The molecular formula is C16H11FN4O3. The fraction of sp³-hybridized carbons (Fsp3) is 0.0625. The monoisotopic (exact) mass is 326 g/mol. The number of aromatic hydroxyl groups is 1. The Labute approximate surface area is 134 Å². The maximum absolute atomic E-state index is 13.1. The van der Waals surface area contributed by atoms with E-state index in [9.17, 15) is 14.6 Å². The van der Waals surface area contributed by atoms with E-state index in [1.54, 1.807) is 12.1 Å². The van der Waals surface area contributed by atoms with Gasteiger partial charge in [-0.15, -0.1) is 0 Å². The van der Waals surface area contributed by atoms with Gasteiger partial charge in [-0.2, -0.15) is 4.98 Å². The molecule has 0 atom stereocenters. The molecule has 0 spiro atoms. The molecule has 8 heteroatoms. The number of imidazole rings is 1. The van der Waals surface area contributed by atoms with Gasteiger partial charge in [-0.3, -0.25) is 0 Å². The van der Waals surface area contributed by atoms with E-state index in [1.807, 2.05) is 6.07 Å². The van der Waals surface area contributed by atoms with Crippen LogP contribution < -0.4 is 0 Å². The van der Waals surface area contributed by atoms with E-state index in [-0.39, 0.29) is 18.3 Å². The largest absolute Gasteiger partial charge is 0.505 e. The average molecular weight is 326 g/mol. The van der Waals surface area contributed by atoms with Gasteiger partial charge in [0.1, 0.15) is 17.9 Å². The molecule has 120 valence electrons. The molecule has 2 aromatic carbocycles. The van der Waals surface area contributed by atoms with E-state index in [0.29, 0.717) is 22.5 Å². The van der Waals surface area contributed by atoms with Crippen LogP contribution in [0.15, 0.2) is 40.9 Å². The first-order chi connectivity index (χ1) is 11.7. The predicted octanol–water partition coefficient (Wildman–Crippen LogP) is 2.62. The number of aromatic nitrogens is 4. The number of hydrogen-bond donors (Lipinski definition) is 3. The number of benzene rings is 2. The molecule has 7 nitrogen and oxygen atoms in total. The van der Waals surface area contributed by atoms with E-state index in [0.717, 1.165) is 11.6 Å². The molecule has 0 bridgehead atoms. The van der Waals surface area contributed by atoms with Gasteiger partial charge >= 0.3 is 0 Å². The van der Waals surface area contributed by atoms with Gasteiger partial charge in [0.2, 0.25) is 5.82 Å². The van der Waals surface area contributed by atoms with Gasteiger partial charge in [-0.1, -0.05) is 11.2 Å². The molecule has 2 aromatic heterocycles. The van der Waals surface area contributed by atoms with Crippen LogP contribution in [0.5, 0.6) is 5.75 Å². The maximum atomic E-state index is 13.1. The van der Waals surface area contributed by atoms with Crippen LogP contribution in [0.1, 0.15) is 5.82 Å². The third-order valence-corrected chi connectivity index (χ3v) is 3.57. The molecule has 0 saturated carbocycles. The minimum Gasteiger partial charge on any atom is -0.505 e. The molecule has 4 aromatic rings. The van der Waals surface area contributed by atoms with Crippen molar-refractivity contribution < 1.29 is 19.1 Å². The summed E-state index contributed by atoms with van der Waals surface area (Å²) in [5.74, 6) is -0.326. The van der Waals surface area contributed by atoms with Crippen LogP contribution in [0.2, 0.25) is 0 Å². The number of aliphatic hydroxyl groups is 1. The van der Waals surface area contributed by atoms with Gasteiger partial charge in [0.05, 0.1) is 11.1 Å². The van der Waals surface area contributed by atoms with Gasteiger partial charge < -0.3 is 19.7 Å². The van der Waals surface area contributed by atoms with E-state index < -0.39 is 11.6 Å². The second kappa shape index (κ2) is 5.43. The Kier molecular flexibility index (Phi) is 3.24. The van der Waals surface area contributed by atoms with Crippen LogP contribution in [-0.4, -0.2) is 30.3 Å². The highest BCUT2D eigenvalue weighted by molar-refractivity contribution is 5.89. The zero-order valence-electron chi connectivity index (χ0n) is 12.2. The first-order valence-corrected chi connectivity index (χ1v) is 7.07. The van der Waals surface area contributed by atoms with Crippen molar-refractivity contribution in [2.24, 2.45) is 0 Å². The third kappa shape index (κ3) is 2.29. The zero-order chi connectivity index (χ0) is 16.7. The number of aromatic amines is 1. The highest BCUT2D eigenvalue weighted by atomic mass is 19.1. The fourth-order valence-electron chi connectivity index (χ4n) is 2.43. The Morgan fingerprint density at radius 3 is 2.83 bits per heavy atom. The second-order valence-electron chi connectivity index (χ2n) is 5.13. The molecule has 2 heterocycles. The van der Waals surface area contributed by atoms with Crippen molar-refractivity contribution in [3.8, 4) is 28.6 Å². The van der Waals surface area contributed by atoms with Gasteiger partial charge in [-0.25, -0.2) is 9.37 Å². The molecular weight excluding hydrogens is 315 g/mol. The smallest absolute Gasteiger partial charge is 0.260 e. The van der Waals surface area contributed by atoms with Crippen molar-refractivity contribution in [3.63, 3.8) is 0 Å². The van der Waals surface area contributed by atoms with Crippen LogP contribution in [0.4, 0.5) is 4.39 Å². The lowest BCUT2D eigenvalue weighted by Crippen LogP contribution is -1.85.